The average Bonchev–Trinajstić information content (AvgIpc) is 3.17. The Morgan fingerprint density at radius 1 is 1.03 bits per heavy atom. The highest BCUT2D eigenvalue weighted by molar-refractivity contribution is 6.03. The van der Waals surface area contributed by atoms with Crippen LogP contribution in [0.25, 0.3) is 16.7 Å². The number of esters is 1. The van der Waals surface area contributed by atoms with E-state index in [4.69, 9.17) is 9.72 Å². The van der Waals surface area contributed by atoms with Crippen LogP contribution in [-0.2, 0) is 9.53 Å². The average molecular weight is 396 g/mol. The SMILES string of the molecule is CCOC(=O)C1=C(c2ccccc2)Nc2nc3ccccc3n2[C@H]1c1ccncc1. The molecule has 4 aromatic rings. The van der Waals surface area contributed by atoms with Crippen molar-refractivity contribution in [2.75, 3.05) is 11.9 Å². The van der Waals surface area contributed by atoms with Gasteiger partial charge in [0.1, 0.15) is 0 Å². The van der Waals surface area contributed by atoms with E-state index in [1.807, 2.05) is 73.7 Å². The van der Waals surface area contributed by atoms with Gasteiger partial charge < -0.3 is 10.1 Å². The third-order valence-corrected chi connectivity index (χ3v) is 5.21. The van der Waals surface area contributed by atoms with Crippen molar-refractivity contribution >= 4 is 28.6 Å². The molecule has 0 aliphatic carbocycles. The number of carbonyl (C=O) groups excluding carboxylic acids is 1. The Labute approximate surface area is 173 Å². The predicted molar refractivity (Wildman–Crippen MR) is 116 cm³/mol. The highest BCUT2D eigenvalue weighted by Crippen LogP contribution is 2.42. The molecule has 0 fully saturated rings. The third kappa shape index (κ3) is 2.93. The first-order valence-electron chi connectivity index (χ1n) is 9.88. The van der Waals surface area contributed by atoms with E-state index >= 15 is 0 Å². The molecule has 30 heavy (non-hydrogen) atoms. The van der Waals surface area contributed by atoms with Crippen LogP contribution in [0.2, 0.25) is 0 Å². The number of carbonyl (C=O) groups is 1. The summed E-state index contributed by atoms with van der Waals surface area (Å²) in [6.07, 6.45) is 3.47. The molecule has 0 bridgehead atoms. The summed E-state index contributed by atoms with van der Waals surface area (Å²) >= 11 is 0. The van der Waals surface area contributed by atoms with Crippen LogP contribution in [0.15, 0.2) is 84.7 Å². The summed E-state index contributed by atoms with van der Waals surface area (Å²) in [6, 6.07) is 21.2. The molecule has 6 heteroatoms. The number of para-hydroxylation sites is 2. The van der Waals surface area contributed by atoms with E-state index in [9.17, 15) is 4.79 Å². The van der Waals surface area contributed by atoms with E-state index in [0.717, 1.165) is 22.2 Å². The van der Waals surface area contributed by atoms with Crippen molar-refractivity contribution < 1.29 is 9.53 Å². The Hall–Kier alpha value is -3.93. The molecule has 148 valence electrons. The second-order valence-electron chi connectivity index (χ2n) is 6.98. The first-order chi connectivity index (χ1) is 14.8. The molecule has 1 aliphatic rings. The molecule has 1 atom stereocenters. The molecule has 1 N–H and O–H groups in total. The van der Waals surface area contributed by atoms with Gasteiger partial charge in [-0.3, -0.25) is 9.55 Å². The lowest BCUT2D eigenvalue weighted by Gasteiger charge is -2.31. The molecule has 0 radical (unpaired) electrons. The Morgan fingerprint density at radius 2 is 1.77 bits per heavy atom. The van der Waals surface area contributed by atoms with Gasteiger partial charge in [0.05, 0.1) is 35.0 Å². The standard InChI is InChI=1S/C24H20N4O2/c1-2-30-23(29)20-21(16-8-4-3-5-9-16)27-24-26-18-10-6-7-11-19(18)28(24)22(20)17-12-14-25-15-13-17/h3-15,22H,2H2,1H3,(H,26,27)/t22-/m0/s1. The first-order valence-corrected chi connectivity index (χ1v) is 9.88. The first kappa shape index (κ1) is 18.1. The number of hydrogen-bond donors (Lipinski definition) is 1. The van der Waals surface area contributed by atoms with Crippen molar-refractivity contribution in [2.24, 2.45) is 0 Å². The number of nitrogens with zero attached hydrogens (tertiary/aromatic N) is 3. The van der Waals surface area contributed by atoms with Crippen LogP contribution >= 0.6 is 0 Å². The predicted octanol–water partition coefficient (Wildman–Crippen LogP) is 4.42. The Balaban J connectivity index is 1.83. The quantitative estimate of drug-likeness (QED) is 0.517. The number of nitrogens with one attached hydrogen (secondary N) is 1. The van der Waals surface area contributed by atoms with Crippen molar-refractivity contribution in [1.29, 1.82) is 0 Å². The number of hydrogen-bond acceptors (Lipinski definition) is 5. The summed E-state index contributed by atoms with van der Waals surface area (Å²) < 4.78 is 7.56. The number of rotatable bonds is 4. The van der Waals surface area contributed by atoms with Gasteiger partial charge >= 0.3 is 5.97 Å². The Bertz CT molecular complexity index is 1250. The van der Waals surface area contributed by atoms with Crippen LogP contribution in [0.3, 0.4) is 0 Å². The smallest absolute Gasteiger partial charge is 0.338 e. The molecular formula is C24H20N4O2. The van der Waals surface area contributed by atoms with Gasteiger partial charge in [0.25, 0.3) is 0 Å². The van der Waals surface area contributed by atoms with Gasteiger partial charge in [-0.2, -0.15) is 0 Å². The Morgan fingerprint density at radius 3 is 2.53 bits per heavy atom. The van der Waals surface area contributed by atoms with Crippen molar-refractivity contribution in [2.45, 2.75) is 13.0 Å². The fourth-order valence-corrected chi connectivity index (χ4v) is 3.96. The number of anilines is 1. The van der Waals surface area contributed by atoms with Crippen LogP contribution in [0.5, 0.6) is 0 Å². The molecule has 1 aliphatic heterocycles. The van der Waals surface area contributed by atoms with E-state index < -0.39 is 6.04 Å². The van der Waals surface area contributed by atoms with Crippen molar-refractivity contribution in [1.82, 2.24) is 14.5 Å². The zero-order valence-corrected chi connectivity index (χ0v) is 16.4. The topological polar surface area (TPSA) is 69.0 Å². The van der Waals surface area contributed by atoms with Gasteiger partial charge in [0, 0.05) is 12.4 Å². The molecule has 0 unspecified atom stereocenters. The molecule has 5 rings (SSSR count). The van der Waals surface area contributed by atoms with E-state index in [1.165, 1.54) is 0 Å². The van der Waals surface area contributed by atoms with Crippen LogP contribution in [0, 0.1) is 0 Å². The van der Waals surface area contributed by atoms with Crippen molar-refractivity contribution in [3.8, 4) is 0 Å². The lowest BCUT2D eigenvalue weighted by Crippen LogP contribution is -2.29. The third-order valence-electron chi connectivity index (χ3n) is 5.21. The largest absolute Gasteiger partial charge is 0.463 e. The fourth-order valence-electron chi connectivity index (χ4n) is 3.96. The maximum atomic E-state index is 13.3. The molecule has 2 aromatic carbocycles. The maximum absolute atomic E-state index is 13.3. The Kier molecular flexibility index (Phi) is 4.52. The molecule has 6 nitrogen and oxygen atoms in total. The number of imidazole rings is 1. The lowest BCUT2D eigenvalue weighted by molar-refractivity contribution is -0.138. The zero-order valence-electron chi connectivity index (χ0n) is 16.4. The molecular weight excluding hydrogens is 376 g/mol. The van der Waals surface area contributed by atoms with Crippen molar-refractivity contribution in [3.63, 3.8) is 0 Å². The van der Waals surface area contributed by atoms with Gasteiger partial charge in [0.15, 0.2) is 0 Å². The van der Waals surface area contributed by atoms with Crippen LogP contribution in [-0.4, -0.2) is 27.1 Å². The fraction of sp³-hybridized carbons (Fsp3) is 0.125. The molecule has 2 aromatic heterocycles. The molecule has 0 saturated carbocycles. The highest BCUT2D eigenvalue weighted by Gasteiger charge is 2.36. The second-order valence-corrected chi connectivity index (χ2v) is 6.98. The summed E-state index contributed by atoms with van der Waals surface area (Å²) in [5.74, 6) is 0.332. The van der Waals surface area contributed by atoms with Crippen LogP contribution in [0.1, 0.15) is 24.1 Å². The maximum Gasteiger partial charge on any atom is 0.338 e. The van der Waals surface area contributed by atoms with Gasteiger partial charge in [-0.05, 0) is 42.3 Å². The van der Waals surface area contributed by atoms with Crippen LogP contribution < -0.4 is 5.32 Å². The highest BCUT2D eigenvalue weighted by atomic mass is 16.5. The lowest BCUT2D eigenvalue weighted by atomic mass is 9.93. The van der Waals surface area contributed by atoms with Gasteiger partial charge in [-0.15, -0.1) is 0 Å². The van der Waals surface area contributed by atoms with Gasteiger partial charge in [0.2, 0.25) is 5.95 Å². The molecule has 0 amide bonds. The number of benzene rings is 2. The number of pyridine rings is 1. The normalized spacial score (nSPS) is 15.6. The van der Waals surface area contributed by atoms with E-state index in [-0.39, 0.29) is 5.97 Å². The molecule has 3 heterocycles. The van der Waals surface area contributed by atoms with Gasteiger partial charge in [-0.25, -0.2) is 9.78 Å². The monoisotopic (exact) mass is 396 g/mol. The summed E-state index contributed by atoms with van der Waals surface area (Å²) in [7, 11) is 0. The van der Waals surface area contributed by atoms with E-state index in [0.29, 0.717) is 23.8 Å². The second kappa shape index (κ2) is 7.48. The zero-order chi connectivity index (χ0) is 20.5. The minimum atomic E-state index is -0.397. The summed E-state index contributed by atoms with van der Waals surface area (Å²) in [6.45, 7) is 2.11. The van der Waals surface area contributed by atoms with Crippen LogP contribution in [0.4, 0.5) is 5.95 Å². The number of aromatic nitrogens is 3. The minimum absolute atomic E-state index is 0.297. The molecule has 0 spiro atoms. The molecule has 0 saturated heterocycles. The van der Waals surface area contributed by atoms with Gasteiger partial charge in [-0.1, -0.05) is 42.5 Å². The summed E-state index contributed by atoms with van der Waals surface area (Å²) in [4.78, 5) is 22.2. The minimum Gasteiger partial charge on any atom is -0.463 e. The summed E-state index contributed by atoms with van der Waals surface area (Å²) in [5.41, 5.74) is 4.89. The van der Waals surface area contributed by atoms with Crippen molar-refractivity contribution in [3.05, 3.63) is 95.8 Å². The number of fused-ring (bicyclic) bond motifs is 3. The van der Waals surface area contributed by atoms with E-state index in [1.54, 1.807) is 12.4 Å². The summed E-state index contributed by atoms with van der Waals surface area (Å²) in [5, 5.41) is 3.41. The number of ether oxygens (including phenoxy) is 1. The van der Waals surface area contributed by atoms with E-state index in [2.05, 4.69) is 14.9 Å².